The molecule has 5 aromatic rings. The van der Waals surface area contributed by atoms with Crippen molar-refractivity contribution in [3.63, 3.8) is 0 Å². The second-order valence-electron chi connectivity index (χ2n) is 9.39. The number of nitrogen functional groups attached to an aromatic ring is 1. The summed E-state index contributed by atoms with van der Waals surface area (Å²) in [4.78, 5) is 19.0. The number of rotatable bonds is 6. The van der Waals surface area contributed by atoms with Crippen molar-refractivity contribution in [1.29, 1.82) is 0 Å². The summed E-state index contributed by atoms with van der Waals surface area (Å²) in [5.74, 6) is 1.49. The van der Waals surface area contributed by atoms with Crippen molar-refractivity contribution < 1.29 is 4.74 Å². The Morgan fingerprint density at radius 2 is 1.82 bits per heavy atom. The monoisotopic (exact) mass is 516 g/mol. The highest BCUT2D eigenvalue weighted by molar-refractivity contribution is 5.79. The lowest BCUT2D eigenvalue weighted by Crippen LogP contribution is -2.43. The third kappa shape index (κ3) is 4.46. The minimum Gasteiger partial charge on any atom is -0.497 e. The van der Waals surface area contributed by atoms with Crippen LogP contribution < -0.4 is 32.1 Å². The van der Waals surface area contributed by atoms with Crippen LogP contribution in [0.25, 0.3) is 33.8 Å². The number of nitrogens with one attached hydrogen (secondary N) is 2. The van der Waals surface area contributed by atoms with E-state index >= 15 is 0 Å². The summed E-state index contributed by atoms with van der Waals surface area (Å²) in [5, 5.41) is 12.1. The number of allylic oxidation sites excluding steroid dienone is 1. The van der Waals surface area contributed by atoms with Crippen molar-refractivity contribution in [2.75, 3.05) is 18.2 Å². The number of ether oxygens (including phenoxy) is 1. The molecule has 1 aliphatic heterocycles. The molecule has 0 saturated heterocycles. The topological polar surface area (TPSA) is 110 Å². The highest BCUT2D eigenvalue weighted by Crippen LogP contribution is 2.24. The molecule has 8 heteroatoms. The SMILES string of the molecule is CCC1=C(Nc2ccc(OC)cc2)N=c2c(c3[nH]ncc3c(=O)n2-c2cccc(-c3cccc(N)c3)c2)=CC1. The van der Waals surface area contributed by atoms with E-state index in [4.69, 9.17) is 15.5 Å². The third-order valence-corrected chi connectivity index (χ3v) is 7.00. The van der Waals surface area contributed by atoms with E-state index in [-0.39, 0.29) is 5.56 Å². The molecule has 0 atom stereocenters. The first kappa shape index (κ1) is 24.2. The molecule has 0 saturated carbocycles. The Kier molecular flexibility index (Phi) is 6.20. The van der Waals surface area contributed by atoms with Crippen LogP contribution in [-0.2, 0) is 0 Å². The van der Waals surface area contributed by atoms with E-state index in [1.54, 1.807) is 17.9 Å². The molecule has 0 fully saturated rings. The second kappa shape index (κ2) is 9.98. The summed E-state index contributed by atoms with van der Waals surface area (Å²) >= 11 is 0. The minimum absolute atomic E-state index is 0.192. The van der Waals surface area contributed by atoms with Crippen LogP contribution in [0.3, 0.4) is 0 Å². The summed E-state index contributed by atoms with van der Waals surface area (Å²) in [6.07, 6.45) is 5.19. The van der Waals surface area contributed by atoms with Crippen molar-refractivity contribution in [2.24, 2.45) is 4.99 Å². The van der Waals surface area contributed by atoms with Gasteiger partial charge in [0.2, 0.25) is 0 Å². The largest absolute Gasteiger partial charge is 0.497 e. The zero-order valence-electron chi connectivity index (χ0n) is 21.7. The zero-order chi connectivity index (χ0) is 26.9. The standard InChI is InChI=1S/C31H28N6O2/c1-3-19-10-15-26-28-27(18-33-36-28)31(38)37(24-9-5-7-21(17-24)20-6-4-8-22(32)16-20)30(26)35-29(19)34-23-11-13-25(39-2)14-12-23/h4-9,11-18,34H,3,10,32H2,1-2H3,(H,33,36). The quantitative estimate of drug-likeness (QED) is 0.288. The van der Waals surface area contributed by atoms with Gasteiger partial charge >= 0.3 is 0 Å². The highest BCUT2D eigenvalue weighted by Gasteiger charge is 2.17. The van der Waals surface area contributed by atoms with Gasteiger partial charge < -0.3 is 15.8 Å². The van der Waals surface area contributed by atoms with Gasteiger partial charge in [-0.25, -0.2) is 4.99 Å². The summed E-state index contributed by atoms with van der Waals surface area (Å²) in [6.45, 7) is 2.11. The zero-order valence-corrected chi connectivity index (χ0v) is 21.7. The predicted octanol–water partition coefficient (Wildman–Crippen LogP) is 4.51. The molecule has 4 N–H and O–H groups in total. The molecule has 1 aliphatic rings. The van der Waals surface area contributed by atoms with Gasteiger partial charge in [0, 0.05) is 16.6 Å². The van der Waals surface area contributed by atoms with Gasteiger partial charge in [0.25, 0.3) is 5.56 Å². The summed E-state index contributed by atoms with van der Waals surface area (Å²) in [7, 11) is 1.64. The first-order valence-corrected chi connectivity index (χ1v) is 12.8. The minimum atomic E-state index is -0.192. The molecule has 2 aromatic heterocycles. The Hall–Kier alpha value is -5.11. The van der Waals surface area contributed by atoms with Crippen LogP contribution in [-0.4, -0.2) is 21.9 Å². The van der Waals surface area contributed by atoms with E-state index < -0.39 is 0 Å². The van der Waals surface area contributed by atoms with Crippen LogP contribution in [0.4, 0.5) is 11.4 Å². The number of anilines is 2. The summed E-state index contributed by atoms with van der Waals surface area (Å²) < 4.78 is 6.98. The first-order valence-electron chi connectivity index (χ1n) is 12.8. The lowest BCUT2D eigenvalue weighted by atomic mass is 10.0. The Morgan fingerprint density at radius 1 is 1.05 bits per heavy atom. The number of nitrogens with zero attached hydrogens (tertiary/aromatic N) is 3. The van der Waals surface area contributed by atoms with Crippen LogP contribution >= 0.6 is 0 Å². The third-order valence-electron chi connectivity index (χ3n) is 7.00. The smallest absolute Gasteiger partial charge is 0.267 e. The lowest BCUT2D eigenvalue weighted by Gasteiger charge is -2.13. The molecule has 8 nitrogen and oxygen atoms in total. The molecule has 194 valence electrons. The maximum atomic E-state index is 13.9. The average molecular weight is 517 g/mol. The molecule has 0 bridgehead atoms. The van der Waals surface area contributed by atoms with E-state index in [0.29, 0.717) is 34.2 Å². The average Bonchev–Trinajstić information content (AvgIpc) is 3.38. The fourth-order valence-electron chi connectivity index (χ4n) is 4.93. The number of methoxy groups -OCH3 is 1. The highest BCUT2D eigenvalue weighted by atomic mass is 16.5. The Balaban J connectivity index is 1.59. The van der Waals surface area contributed by atoms with Gasteiger partial charge in [-0.15, -0.1) is 0 Å². The predicted molar refractivity (Wildman–Crippen MR) is 155 cm³/mol. The number of pyridine rings is 1. The van der Waals surface area contributed by atoms with Crippen LogP contribution in [0.1, 0.15) is 19.8 Å². The van der Waals surface area contributed by atoms with Crippen LogP contribution in [0.15, 0.2) is 100 Å². The first-order chi connectivity index (χ1) is 19.1. The fraction of sp³-hybridized carbons (Fsp3) is 0.129. The molecule has 6 rings (SSSR count). The number of aromatic nitrogens is 3. The number of hydrogen-bond acceptors (Lipinski definition) is 6. The van der Waals surface area contributed by atoms with Crippen molar-refractivity contribution >= 4 is 28.4 Å². The van der Waals surface area contributed by atoms with Gasteiger partial charge in [0.15, 0.2) is 5.49 Å². The molecule has 0 radical (unpaired) electrons. The lowest BCUT2D eigenvalue weighted by molar-refractivity contribution is 0.415. The number of fused-ring (bicyclic) bond motifs is 3. The molecule has 39 heavy (non-hydrogen) atoms. The molecular weight excluding hydrogens is 488 g/mol. The summed E-state index contributed by atoms with van der Waals surface area (Å²) in [6, 6.07) is 23.3. The Bertz CT molecular complexity index is 1920. The normalized spacial score (nSPS) is 12.9. The van der Waals surface area contributed by atoms with Crippen molar-refractivity contribution in [3.05, 3.63) is 111 Å². The van der Waals surface area contributed by atoms with E-state index in [2.05, 4.69) is 28.5 Å². The summed E-state index contributed by atoms with van der Waals surface area (Å²) in [5.41, 5.74) is 12.4. The van der Waals surface area contributed by atoms with E-state index in [9.17, 15) is 4.79 Å². The van der Waals surface area contributed by atoms with Crippen molar-refractivity contribution in [3.8, 4) is 22.6 Å². The molecule has 0 spiro atoms. The number of nitrogens with two attached hydrogens (primary N) is 1. The Morgan fingerprint density at radius 3 is 2.56 bits per heavy atom. The molecule has 3 heterocycles. The number of aromatic amines is 1. The second-order valence-corrected chi connectivity index (χ2v) is 9.39. The van der Waals surface area contributed by atoms with Gasteiger partial charge in [-0.2, -0.15) is 5.10 Å². The molecule has 3 aromatic carbocycles. The number of benzene rings is 3. The fourth-order valence-corrected chi connectivity index (χ4v) is 4.93. The van der Waals surface area contributed by atoms with Crippen LogP contribution in [0.2, 0.25) is 0 Å². The number of H-pyrrole nitrogens is 1. The maximum absolute atomic E-state index is 13.9. The molecule has 0 amide bonds. The van der Waals surface area contributed by atoms with Crippen molar-refractivity contribution in [2.45, 2.75) is 19.8 Å². The van der Waals surface area contributed by atoms with E-state index in [1.165, 1.54) is 0 Å². The van der Waals surface area contributed by atoms with Gasteiger partial charge in [0.1, 0.15) is 11.6 Å². The van der Waals surface area contributed by atoms with Crippen LogP contribution in [0.5, 0.6) is 5.75 Å². The number of hydrogen-bond donors (Lipinski definition) is 3. The molecular formula is C31H28N6O2. The van der Waals surface area contributed by atoms with Gasteiger partial charge in [-0.1, -0.05) is 37.3 Å². The van der Waals surface area contributed by atoms with E-state index in [0.717, 1.165) is 45.6 Å². The van der Waals surface area contributed by atoms with Crippen molar-refractivity contribution in [1.82, 2.24) is 14.8 Å². The van der Waals surface area contributed by atoms with Gasteiger partial charge in [-0.05, 0) is 78.1 Å². The van der Waals surface area contributed by atoms with Gasteiger partial charge in [-0.3, -0.25) is 14.5 Å². The van der Waals surface area contributed by atoms with E-state index in [1.807, 2.05) is 72.8 Å². The van der Waals surface area contributed by atoms with Gasteiger partial charge in [0.05, 0.1) is 29.9 Å². The maximum Gasteiger partial charge on any atom is 0.267 e. The van der Waals surface area contributed by atoms with Crippen LogP contribution in [0, 0.1) is 0 Å². The Labute approximate surface area is 224 Å². The molecule has 0 unspecified atom stereocenters. The molecule has 0 aliphatic carbocycles.